The molecule has 1 rings (SSSR count). The molecule has 0 radical (unpaired) electrons. The number of amides is 1. The van der Waals surface area contributed by atoms with E-state index in [1.165, 1.54) is 11.8 Å². The summed E-state index contributed by atoms with van der Waals surface area (Å²) in [6.45, 7) is 8.79. The molecule has 0 aliphatic rings. The highest BCUT2D eigenvalue weighted by atomic mass is 32.2. The van der Waals surface area contributed by atoms with Crippen LogP contribution in [0, 0.1) is 0 Å². The number of tetrazole rings is 1. The van der Waals surface area contributed by atoms with Crippen LogP contribution in [0.15, 0.2) is 5.16 Å². The number of nitrogens with one attached hydrogen (secondary N) is 2. The standard InChI is InChI=1S/C13H26N6OS/c1-4-6-11(3)15-12(20)10-21-13-16-17-18-19(13)9-8-14-7-5-2/h11,14H,4-10H2,1-3H3,(H,15,20). The average molecular weight is 314 g/mol. The Morgan fingerprint density at radius 1 is 1.33 bits per heavy atom. The fourth-order valence-electron chi connectivity index (χ4n) is 1.88. The molecular weight excluding hydrogens is 288 g/mol. The van der Waals surface area contributed by atoms with Gasteiger partial charge in [0.15, 0.2) is 0 Å². The summed E-state index contributed by atoms with van der Waals surface area (Å²) >= 11 is 1.37. The molecule has 0 saturated carbocycles. The van der Waals surface area contributed by atoms with Gasteiger partial charge in [-0.25, -0.2) is 4.68 Å². The van der Waals surface area contributed by atoms with Crippen molar-refractivity contribution in [3.05, 3.63) is 0 Å². The van der Waals surface area contributed by atoms with E-state index in [4.69, 9.17) is 0 Å². The van der Waals surface area contributed by atoms with E-state index in [1.54, 1.807) is 4.68 Å². The van der Waals surface area contributed by atoms with Gasteiger partial charge in [-0.2, -0.15) is 0 Å². The van der Waals surface area contributed by atoms with Crippen LogP contribution in [0.4, 0.5) is 0 Å². The summed E-state index contributed by atoms with van der Waals surface area (Å²) in [6, 6.07) is 0.220. The largest absolute Gasteiger partial charge is 0.353 e. The van der Waals surface area contributed by atoms with Gasteiger partial charge in [0.1, 0.15) is 0 Å². The van der Waals surface area contributed by atoms with Gasteiger partial charge in [0.2, 0.25) is 11.1 Å². The van der Waals surface area contributed by atoms with Gasteiger partial charge in [0.05, 0.1) is 12.3 Å². The van der Waals surface area contributed by atoms with E-state index in [9.17, 15) is 4.79 Å². The van der Waals surface area contributed by atoms with Crippen LogP contribution in [0.25, 0.3) is 0 Å². The van der Waals surface area contributed by atoms with E-state index in [1.807, 2.05) is 6.92 Å². The summed E-state index contributed by atoms with van der Waals surface area (Å²) in [5, 5.41) is 18.5. The Balaban J connectivity index is 2.31. The second-order valence-electron chi connectivity index (χ2n) is 4.98. The maximum atomic E-state index is 11.8. The molecule has 1 amide bonds. The molecule has 1 heterocycles. The van der Waals surface area contributed by atoms with E-state index in [2.05, 4.69) is 40.0 Å². The van der Waals surface area contributed by atoms with Crippen molar-refractivity contribution >= 4 is 17.7 Å². The quantitative estimate of drug-likeness (QED) is 0.469. The SMILES string of the molecule is CCCNCCn1nnnc1SCC(=O)NC(C)CCC. The van der Waals surface area contributed by atoms with Gasteiger partial charge >= 0.3 is 0 Å². The molecule has 0 aliphatic heterocycles. The maximum absolute atomic E-state index is 11.8. The van der Waals surface area contributed by atoms with Gasteiger partial charge in [-0.1, -0.05) is 32.0 Å². The van der Waals surface area contributed by atoms with Gasteiger partial charge in [-0.05, 0) is 36.7 Å². The van der Waals surface area contributed by atoms with Gasteiger partial charge in [0, 0.05) is 12.6 Å². The maximum Gasteiger partial charge on any atom is 0.230 e. The van der Waals surface area contributed by atoms with Crippen LogP contribution in [-0.2, 0) is 11.3 Å². The van der Waals surface area contributed by atoms with Crippen molar-refractivity contribution in [2.24, 2.45) is 0 Å². The third-order valence-electron chi connectivity index (χ3n) is 2.89. The number of thioether (sulfide) groups is 1. The van der Waals surface area contributed by atoms with E-state index in [0.29, 0.717) is 17.5 Å². The summed E-state index contributed by atoms with van der Waals surface area (Å²) in [4.78, 5) is 11.8. The third-order valence-corrected chi connectivity index (χ3v) is 3.84. The minimum atomic E-state index is 0.0274. The normalized spacial score (nSPS) is 12.3. The number of hydrogen-bond acceptors (Lipinski definition) is 6. The van der Waals surface area contributed by atoms with E-state index < -0.39 is 0 Å². The van der Waals surface area contributed by atoms with Crippen molar-refractivity contribution < 1.29 is 4.79 Å². The third kappa shape index (κ3) is 7.42. The lowest BCUT2D eigenvalue weighted by Gasteiger charge is -2.12. The molecule has 7 nitrogen and oxygen atoms in total. The lowest BCUT2D eigenvalue weighted by molar-refractivity contribution is -0.119. The van der Waals surface area contributed by atoms with Crippen LogP contribution in [-0.4, -0.2) is 51.0 Å². The Bertz CT molecular complexity index is 411. The van der Waals surface area contributed by atoms with Gasteiger partial charge in [-0.15, -0.1) is 5.10 Å². The van der Waals surface area contributed by atoms with E-state index >= 15 is 0 Å². The predicted octanol–water partition coefficient (Wildman–Crippen LogP) is 1.07. The number of rotatable bonds is 11. The Hall–Kier alpha value is -1.15. The lowest BCUT2D eigenvalue weighted by atomic mass is 10.2. The average Bonchev–Trinajstić information content (AvgIpc) is 2.89. The van der Waals surface area contributed by atoms with Crippen molar-refractivity contribution in [3.8, 4) is 0 Å². The zero-order chi connectivity index (χ0) is 15.5. The van der Waals surface area contributed by atoms with Gasteiger partial charge < -0.3 is 10.6 Å². The van der Waals surface area contributed by atoms with E-state index in [-0.39, 0.29) is 11.9 Å². The molecule has 0 saturated heterocycles. The highest BCUT2D eigenvalue weighted by Gasteiger charge is 2.11. The summed E-state index contributed by atoms with van der Waals surface area (Å²) in [5.41, 5.74) is 0. The molecule has 0 fully saturated rings. The number of carbonyl (C=O) groups excluding carboxylic acids is 1. The van der Waals surface area contributed by atoms with E-state index in [0.717, 1.165) is 32.4 Å². The molecule has 8 heteroatoms. The van der Waals surface area contributed by atoms with Crippen LogP contribution >= 0.6 is 11.8 Å². The molecule has 21 heavy (non-hydrogen) atoms. The Labute approximate surface area is 130 Å². The molecule has 1 aromatic rings. The minimum Gasteiger partial charge on any atom is -0.353 e. The molecule has 0 aromatic carbocycles. The van der Waals surface area contributed by atoms with Crippen LogP contribution in [0.5, 0.6) is 0 Å². The van der Waals surface area contributed by atoms with Crippen LogP contribution < -0.4 is 10.6 Å². The molecule has 1 unspecified atom stereocenters. The lowest BCUT2D eigenvalue weighted by Crippen LogP contribution is -2.33. The monoisotopic (exact) mass is 314 g/mol. The number of aromatic nitrogens is 4. The second-order valence-corrected chi connectivity index (χ2v) is 5.92. The van der Waals surface area contributed by atoms with Crippen molar-refractivity contribution in [1.82, 2.24) is 30.8 Å². The topological polar surface area (TPSA) is 84.7 Å². The van der Waals surface area contributed by atoms with Crippen LogP contribution in [0.1, 0.15) is 40.0 Å². The molecule has 1 aromatic heterocycles. The molecule has 1 atom stereocenters. The summed E-state index contributed by atoms with van der Waals surface area (Å²) in [5.74, 6) is 0.371. The minimum absolute atomic E-state index is 0.0274. The zero-order valence-corrected chi connectivity index (χ0v) is 13.9. The van der Waals surface area contributed by atoms with Crippen molar-refractivity contribution in [1.29, 1.82) is 0 Å². The van der Waals surface area contributed by atoms with Crippen molar-refractivity contribution in [2.75, 3.05) is 18.8 Å². The molecule has 120 valence electrons. The Morgan fingerprint density at radius 3 is 2.86 bits per heavy atom. The number of hydrogen-bond donors (Lipinski definition) is 2. The molecule has 0 aliphatic carbocycles. The Kier molecular flexibility index (Phi) is 9.00. The highest BCUT2D eigenvalue weighted by Crippen LogP contribution is 2.12. The predicted molar refractivity (Wildman–Crippen MR) is 84.2 cm³/mol. The fraction of sp³-hybridized carbons (Fsp3) is 0.846. The molecular formula is C13H26N6OS. The Morgan fingerprint density at radius 2 is 2.14 bits per heavy atom. The van der Waals surface area contributed by atoms with Crippen molar-refractivity contribution in [2.45, 2.75) is 57.8 Å². The first-order valence-electron chi connectivity index (χ1n) is 7.56. The second kappa shape index (κ2) is 10.6. The smallest absolute Gasteiger partial charge is 0.230 e. The fourth-order valence-corrected chi connectivity index (χ4v) is 2.59. The van der Waals surface area contributed by atoms with Crippen molar-refractivity contribution in [3.63, 3.8) is 0 Å². The zero-order valence-electron chi connectivity index (χ0n) is 13.1. The molecule has 0 spiro atoms. The summed E-state index contributed by atoms with van der Waals surface area (Å²) in [6.07, 6.45) is 3.17. The number of carbonyl (C=O) groups is 1. The number of nitrogens with zero attached hydrogens (tertiary/aromatic N) is 4. The first kappa shape index (κ1) is 17.9. The first-order valence-corrected chi connectivity index (χ1v) is 8.55. The van der Waals surface area contributed by atoms with Crippen LogP contribution in [0.2, 0.25) is 0 Å². The van der Waals surface area contributed by atoms with Crippen LogP contribution in [0.3, 0.4) is 0 Å². The van der Waals surface area contributed by atoms with Gasteiger partial charge in [0.25, 0.3) is 0 Å². The summed E-state index contributed by atoms with van der Waals surface area (Å²) < 4.78 is 1.73. The first-order chi connectivity index (χ1) is 10.2. The van der Waals surface area contributed by atoms with Gasteiger partial charge in [-0.3, -0.25) is 4.79 Å². The highest BCUT2D eigenvalue weighted by molar-refractivity contribution is 7.99. The molecule has 0 bridgehead atoms. The summed E-state index contributed by atoms with van der Waals surface area (Å²) in [7, 11) is 0. The molecule has 2 N–H and O–H groups in total.